The summed E-state index contributed by atoms with van der Waals surface area (Å²) in [5, 5.41) is 10.7. The topological polar surface area (TPSA) is 237 Å². The molecule has 0 aromatic carbocycles. The number of carbonyl (C=O) groups excluding carboxylic acids is 4. The summed E-state index contributed by atoms with van der Waals surface area (Å²) in [7, 11) is -9.93. The largest absolute Gasteiger partial charge is 0.472 e. The first-order valence-electron chi connectivity index (χ1n) is 44.4. The number of ether oxygens (including phenoxy) is 4. The summed E-state index contributed by atoms with van der Waals surface area (Å²) in [5.41, 5.74) is 0. The molecule has 0 rings (SSSR count). The first kappa shape index (κ1) is 103. The van der Waals surface area contributed by atoms with Gasteiger partial charge in [0.1, 0.15) is 19.3 Å². The Morgan fingerprint density at radius 3 is 0.724 bits per heavy atom. The number of rotatable bonds is 84. The first-order valence-corrected chi connectivity index (χ1v) is 47.4. The van der Waals surface area contributed by atoms with Crippen LogP contribution >= 0.6 is 15.6 Å². The standard InChI is InChI=1S/C86H168O17P2/c1-8-11-12-13-14-15-16-17-18-24-31-36-41-46-55-62-70-86(91)103-82(74-97-84(89)68-61-54-49-48-50-57-64-77(4)5)76-101-105(94,95)99-72-80(87)71-98-104(92,93)100-75-81(73-96-83(88)67-60-53-45-40-35-30-27-26-29-34-39-44-52-59-66-79(7)10-3)102-85(90)69-63-56-47-42-37-32-25-22-20-19-21-23-28-33-38-43-51-58-65-78(6)9-2/h77-82,87H,8-76H2,1-7H3,(H,92,93)(H,94,95)/t78?,79?,80-,81-,82-/m1/s1. The number of esters is 4. The smallest absolute Gasteiger partial charge is 0.462 e. The average molecular weight is 1540 g/mol. The minimum atomic E-state index is -4.97. The molecule has 7 atom stereocenters. The van der Waals surface area contributed by atoms with Crippen molar-refractivity contribution in [3.63, 3.8) is 0 Å². The first-order chi connectivity index (χ1) is 50.8. The normalized spacial score (nSPS) is 14.4. The fourth-order valence-electron chi connectivity index (χ4n) is 13.3. The van der Waals surface area contributed by atoms with Gasteiger partial charge in [-0.05, 0) is 43.4 Å². The van der Waals surface area contributed by atoms with Crippen LogP contribution in [0.3, 0.4) is 0 Å². The van der Waals surface area contributed by atoms with Crippen molar-refractivity contribution in [3.8, 4) is 0 Å². The fourth-order valence-corrected chi connectivity index (χ4v) is 14.9. The van der Waals surface area contributed by atoms with Crippen LogP contribution in [0.25, 0.3) is 0 Å². The maximum atomic E-state index is 13.1. The van der Waals surface area contributed by atoms with Gasteiger partial charge in [-0.3, -0.25) is 37.3 Å². The van der Waals surface area contributed by atoms with Crippen LogP contribution in [0.1, 0.15) is 453 Å². The zero-order chi connectivity index (χ0) is 77.2. The molecule has 0 fully saturated rings. The summed E-state index contributed by atoms with van der Waals surface area (Å²) in [6.07, 6.45) is 66.7. The summed E-state index contributed by atoms with van der Waals surface area (Å²) in [6, 6.07) is 0. The Morgan fingerprint density at radius 2 is 0.486 bits per heavy atom. The van der Waals surface area contributed by atoms with Crippen LogP contribution in [-0.4, -0.2) is 96.7 Å². The van der Waals surface area contributed by atoms with Crippen LogP contribution in [0.15, 0.2) is 0 Å². The zero-order valence-electron chi connectivity index (χ0n) is 69.2. The van der Waals surface area contributed by atoms with E-state index < -0.39 is 97.5 Å². The number of unbranched alkanes of at least 4 members (excludes halogenated alkanes) is 50. The number of hydrogen-bond acceptors (Lipinski definition) is 15. The van der Waals surface area contributed by atoms with Crippen LogP contribution in [0.5, 0.6) is 0 Å². The highest BCUT2D eigenvalue weighted by molar-refractivity contribution is 7.47. The van der Waals surface area contributed by atoms with Crippen molar-refractivity contribution in [2.75, 3.05) is 39.6 Å². The molecule has 0 aromatic rings. The maximum absolute atomic E-state index is 13.1. The van der Waals surface area contributed by atoms with Crippen LogP contribution in [-0.2, 0) is 65.4 Å². The number of phosphoric ester groups is 2. The molecule has 0 aliphatic rings. The molecule has 19 heteroatoms. The molecule has 0 bridgehead atoms. The summed E-state index contributed by atoms with van der Waals surface area (Å²) in [6.45, 7) is 12.0. The number of aliphatic hydroxyl groups is 1. The quantitative estimate of drug-likeness (QED) is 0.0222. The highest BCUT2D eigenvalue weighted by atomic mass is 31.2. The van der Waals surface area contributed by atoms with Crippen molar-refractivity contribution in [3.05, 3.63) is 0 Å². The summed E-state index contributed by atoms with van der Waals surface area (Å²) in [4.78, 5) is 73.2. The van der Waals surface area contributed by atoms with E-state index in [1.54, 1.807) is 0 Å². The molecule has 105 heavy (non-hydrogen) atoms. The highest BCUT2D eigenvalue weighted by Crippen LogP contribution is 2.45. The van der Waals surface area contributed by atoms with Crippen molar-refractivity contribution in [2.45, 2.75) is 471 Å². The summed E-state index contributed by atoms with van der Waals surface area (Å²) < 4.78 is 68.8. The summed E-state index contributed by atoms with van der Waals surface area (Å²) >= 11 is 0. The lowest BCUT2D eigenvalue weighted by atomic mass is 9.99. The minimum absolute atomic E-state index is 0.107. The van der Waals surface area contributed by atoms with Crippen molar-refractivity contribution >= 4 is 39.5 Å². The lowest BCUT2D eigenvalue weighted by molar-refractivity contribution is -0.161. The van der Waals surface area contributed by atoms with Crippen LogP contribution in [0.2, 0.25) is 0 Å². The van der Waals surface area contributed by atoms with Gasteiger partial charge >= 0.3 is 39.5 Å². The molecule has 0 aliphatic carbocycles. The van der Waals surface area contributed by atoms with Crippen molar-refractivity contribution in [2.24, 2.45) is 17.8 Å². The van der Waals surface area contributed by atoms with Crippen LogP contribution < -0.4 is 0 Å². The van der Waals surface area contributed by atoms with E-state index in [9.17, 15) is 43.2 Å². The average Bonchev–Trinajstić information content (AvgIpc) is 1.37. The number of carbonyl (C=O) groups is 4. The fraction of sp³-hybridized carbons (Fsp3) is 0.953. The Hall–Kier alpha value is -1.94. The van der Waals surface area contributed by atoms with Gasteiger partial charge in [-0.1, -0.05) is 402 Å². The Bertz CT molecular complexity index is 2030. The van der Waals surface area contributed by atoms with E-state index in [4.69, 9.17) is 37.0 Å². The van der Waals surface area contributed by atoms with Gasteiger partial charge in [0.2, 0.25) is 0 Å². The molecule has 3 N–H and O–H groups in total. The Morgan fingerprint density at radius 1 is 0.276 bits per heavy atom. The molecule has 0 saturated heterocycles. The number of phosphoric acid groups is 2. The second-order valence-corrected chi connectivity index (χ2v) is 34.8. The Kier molecular flexibility index (Phi) is 74.7. The predicted octanol–water partition coefficient (Wildman–Crippen LogP) is 26.1. The third-order valence-electron chi connectivity index (χ3n) is 20.9. The molecule has 0 radical (unpaired) electrons. The van der Waals surface area contributed by atoms with E-state index in [0.717, 1.165) is 108 Å². The van der Waals surface area contributed by atoms with Gasteiger partial charge < -0.3 is 33.8 Å². The lowest BCUT2D eigenvalue weighted by Gasteiger charge is -2.21. The predicted molar refractivity (Wildman–Crippen MR) is 432 cm³/mol. The second-order valence-electron chi connectivity index (χ2n) is 31.9. The molecule has 0 saturated carbocycles. The number of aliphatic hydroxyl groups excluding tert-OH is 1. The van der Waals surface area contributed by atoms with Gasteiger partial charge in [0, 0.05) is 25.7 Å². The minimum Gasteiger partial charge on any atom is -0.462 e. The third-order valence-corrected chi connectivity index (χ3v) is 22.8. The molecule has 0 aliphatic heterocycles. The van der Waals surface area contributed by atoms with Gasteiger partial charge in [-0.25, -0.2) is 9.13 Å². The number of hydrogen-bond donors (Lipinski definition) is 3. The third kappa shape index (κ3) is 77.2. The van der Waals surface area contributed by atoms with Gasteiger partial charge in [-0.2, -0.15) is 0 Å². The van der Waals surface area contributed by atoms with Gasteiger partial charge in [0.05, 0.1) is 26.4 Å². The van der Waals surface area contributed by atoms with E-state index >= 15 is 0 Å². The zero-order valence-corrected chi connectivity index (χ0v) is 71.0. The van der Waals surface area contributed by atoms with Crippen LogP contribution in [0, 0.1) is 17.8 Å². The second kappa shape index (κ2) is 76.1. The molecule has 0 spiro atoms. The van der Waals surface area contributed by atoms with Gasteiger partial charge in [0.15, 0.2) is 12.2 Å². The molecular formula is C86H168O17P2. The molecule has 17 nitrogen and oxygen atoms in total. The van der Waals surface area contributed by atoms with E-state index in [2.05, 4.69) is 48.5 Å². The molecule has 624 valence electrons. The summed E-state index contributed by atoms with van der Waals surface area (Å²) in [5.74, 6) is 0.294. The van der Waals surface area contributed by atoms with Crippen molar-refractivity contribution in [1.29, 1.82) is 0 Å². The van der Waals surface area contributed by atoms with Gasteiger partial charge in [-0.15, -0.1) is 0 Å². The van der Waals surface area contributed by atoms with Crippen LogP contribution in [0.4, 0.5) is 0 Å². The van der Waals surface area contributed by atoms with E-state index in [0.29, 0.717) is 31.6 Å². The van der Waals surface area contributed by atoms with E-state index in [1.807, 2.05) is 0 Å². The Balaban J connectivity index is 5.21. The van der Waals surface area contributed by atoms with Gasteiger partial charge in [0.25, 0.3) is 0 Å². The molecular weight excluding hydrogens is 1370 g/mol. The van der Waals surface area contributed by atoms with E-state index in [-0.39, 0.29) is 25.7 Å². The molecule has 0 aromatic heterocycles. The van der Waals surface area contributed by atoms with E-state index in [1.165, 1.54) is 257 Å². The molecule has 0 heterocycles. The maximum Gasteiger partial charge on any atom is 0.472 e. The SMILES string of the molecule is CCCCCCCCCCCCCCCCCCC(=O)O[C@H](COC(=O)CCCCCCCCC(C)C)COP(=O)(O)OC[C@H](O)COP(=O)(O)OC[C@@H](COC(=O)CCCCCCCCCCCCCCCCC(C)CC)OC(=O)CCCCCCCCCCCCCCCCCCCCC(C)CC. The van der Waals surface area contributed by atoms with Crippen molar-refractivity contribution < 1.29 is 80.2 Å². The lowest BCUT2D eigenvalue weighted by Crippen LogP contribution is -2.30. The van der Waals surface area contributed by atoms with Crippen molar-refractivity contribution in [1.82, 2.24) is 0 Å². The Labute approximate surface area is 645 Å². The highest BCUT2D eigenvalue weighted by Gasteiger charge is 2.30. The molecule has 0 amide bonds. The molecule has 4 unspecified atom stereocenters. The monoisotopic (exact) mass is 1540 g/mol.